The molecule has 17 nitrogen and oxygen atoms in total. The first-order chi connectivity index (χ1) is 26.9. The number of nitrogens with one attached hydrogen (secondary N) is 6. The largest absolute Gasteiger partial charge is 0.445 e. The first-order valence-electron chi connectivity index (χ1n) is 19.6. The van der Waals surface area contributed by atoms with E-state index < -0.39 is 47.2 Å². The summed E-state index contributed by atoms with van der Waals surface area (Å²) >= 11 is 1.63. The Balaban J connectivity index is 2.77. The van der Waals surface area contributed by atoms with E-state index in [0.717, 1.165) is 5.75 Å². The van der Waals surface area contributed by atoms with Crippen LogP contribution in [0.5, 0.6) is 0 Å². The minimum atomic E-state index is -1.01. The number of anilines is 1. The third kappa shape index (κ3) is 23.0. The van der Waals surface area contributed by atoms with Crippen molar-refractivity contribution in [1.82, 2.24) is 26.6 Å². The van der Waals surface area contributed by atoms with Gasteiger partial charge < -0.3 is 57.6 Å². The van der Waals surface area contributed by atoms with Crippen LogP contribution in [0.3, 0.4) is 0 Å². The Bertz CT molecular complexity index is 1400. The molecule has 0 heterocycles. The van der Waals surface area contributed by atoms with Gasteiger partial charge >= 0.3 is 12.1 Å². The molecule has 0 saturated carbocycles. The van der Waals surface area contributed by atoms with Gasteiger partial charge in [0.2, 0.25) is 23.6 Å². The highest BCUT2D eigenvalue weighted by atomic mass is 32.2. The lowest BCUT2D eigenvalue weighted by Crippen LogP contribution is -2.54. The number of carbonyl (C=O) groups excluding carboxylic acids is 6. The monoisotopic (exact) mass is 824 g/mol. The fraction of sp³-hybridized carbons (Fsp3) is 0.692. The van der Waals surface area contributed by atoms with Crippen molar-refractivity contribution in [3.63, 3.8) is 0 Å². The first-order valence-corrected chi connectivity index (χ1v) is 21.0. The Kier molecular flexibility index (Phi) is 24.5. The summed E-state index contributed by atoms with van der Waals surface area (Å²) in [5.74, 6) is -0.922. The van der Waals surface area contributed by atoms with E-state index in [0.29, 0.717) is 63.1 Å². The molecule has 0 fully saturated rings. The minimum Gasteiger partial charge on any atom is -0.445 e. The first kappa shape index (κ1) is 50.9. The number of primary amides is 1. The molecule has 0 spiro atoms. The zero-order valence-electron chi connectivity index (χ0n) is 34.9. The van der Waals surface area contributed by atoms with Gasteiger partial charge in [-0.2, -0.15) is 11.8 Å². The quantitative estimate of drug-likeness (QED) is 0.0545. The van der Waals surface area contributed by atoms with Gasteiger partial charge in [0, 0.05) is 44.0 Å². The van der Waals surface area contributed by atoms with Crippen molar-refractivity contribution < 1.29 is 43.0 Å². The molecule has 0 aliphatic heterocycles. The summed E-state index contributed by atoms with van der Waals surface area (Å²) in [5.41, 5.74) is 10.7. The number of rotatable bonds is 29. The van der Waals surface area contributed by atoms with Crippen molar-refractivity contribution in [1.29, 1.82) is 0 Å². The summed E-state index contributed by atoms with van der Waals surface area (Å²) in [7, 11) is 0. The van der Waals surface area contributed by atoms with Gasteiger partial charge in [-0.25, -0.2) is 9.59 Å². The fourth-order valence-electron chi connectivity index (χ4n) is 5.26. The maximum atomic E-state index is 13.6. The van der Waals surface area contributed by atoms with Crippen molar-refractivity contribution in [2.75, 3.05) is 56.7 Å². The smallest absolute Gasteiger partial charge is 0.407 e. The van der Waals surface area contributed by atoms with Crippen molar-refractivity contribution in [3.8, 4) is 0 Å². The number of thioether (sulfide) groups is 1. The van der Waals surface area contributed by atoms with Gasteiger partial charge in [0.25, 0.3) is 0 Å². The summed E-state index contributed by atoms with van der Waals surface area (Å²) < 4.78 is 17.4. The molecule has 3 atom stereocenters. The molecule has 1 aromatic rings. The van der Waals surface area contributed by atoms with Crippen LogP contribution < -0.4 is 43.4 Å². The Hall–Kier alpha value is -4.13. The highest BCUT2D eigenvalue weighted by molar-refractivity contribution is 7.98. The summed E-state index contributed by atoms with van der Waals surface area (Å²) in [5, 5.41) is 16.3. The molecule has 0 aromatic heterocycles. The molecule has 0 bridgehead atoms. The van der Waals surface area contributed by atoms with E-state index in [1.807, 2.05) is 34.0 Å². The van der Waals surface area contributed by atoms with E-state index in [4.69, 9.17) is 25.7 Å². The molecule has 0 aliphatic rings. The molecule has 1 unspecified atom stereocenters. The van der Waals surface area contributed by atoms with Crippen LogP contribution in [0, 0.1) is 5.92 Å². The molecule has 0 saturated heterocycles. The molecular weight excluding hydrogens is 757 g/mol. The van der Waals surface area contributed by atoms with Gasteiger partial charge in [0.15, 0.2) is 0 Å². The lowest BCUT2D eigenvalue weighted by Gasteiger charge is -2.32. The van der Waals surface area contributed by atoms with Crippen molar-refractivity contribution in [2.24, 2.45) is 17.4 Å². The topological polar surface area (TPSA) is 254 Å². The van der Waals surface area contributed by atoms with E-state index in [9.17, 15) is 28.8 Å². The second kappa shape index (κ2) is 27.5. The SMILES string of the molecule is CCC(C)(CCOC(C)(C)CCNC(=O)CCSC)OCCC(=O)N[C@H](C(=O)N[C@@H](CCCNC(N)=O)C(=O)Nc1ccc(COC(=O)NCCN)cc1)C(C)C. The molecular formula is C39H68N8O9S. The van der Waals surface area contributed by atoms with Gasteiger partial charge in [-0.15, -0.1) is 0 Å². The Morgan fingerprint density at radius 1 is 0.825 bits per heavy atom. The third-order valence-corrected chi connectivity index (χ3v) is 9.72. The lowest BCUT2D eigenvalue weighted by atomic mass is 9.98. The molecule has 18 heteroatoms. The predicted molar refractivity (Wildman–Crippen MR) is 222 cm³/mol. The van der Waals surface area contributed by atoms with Crippen LogP contribution in [0.25, 0.3) is 0 Å². The van der Waals surface area contributed by atoms with Gasteiger partial charge in [-0.3, -0.25) is 19.2 Å². The highest BCUT2D eigenvalue weighted by Gasteiger charge is 2.30. The standard InChI is InChI=1S/C39H68N8O9S/c1-8-39(6,18-24-55-38(4,5)17-21-42-31(48)16-25-57-7)56-23-15-32(49)47-33(27(2)3)35(51)46-30(10-9-20-43-36(41)52)34(50)45-29-13-11-28(12-14-29)26-54-37(53)44-22-19-40/h11-14,27,30,33H,8-10,15-26,40H2,1-7H3,(H,42,48)(H,44,53)(H,45,50)(H,46,51)(H,47,49)(H3,41,43,52)/t30-,33-,39?/m0/s1. The summed E-state index contributed by atoms with van der Waals surface area (Å²) in [6, 6.07) is 3.98. The third-order valence-electron chi connectivity index (χ3n) is 9.11. The predicted octanol–water partition coefficient (Wildman–Crippen LogP) is 2.90. The van der Waals surface area contributed by atoms with Gasteiger partial charge in [-0.05, 0) is 82.7 Å². The van der Waals surface area contributed by atoms with Crippen LogP contribution in [0.2, 0.25) is 0 Å². The minimum absolute atomic E-state index is 0.0107. The highest BCUT2D eigenvalue weighted by Crippen LogP contribution is 2.23. The lowest BCUT2D eigenvalue weighted by molar-refractivity contribution is -0.133. The fourth-order valence-corrected chi connectivity index (χ4v) is 5.65. The number of amides is 7. The van der Waals surface area contributed by atoms with E-state index >= 15 is 0 Å². The van der Waals surface area contributed by atoms with Gasteiger partial charge in [0.1, 0.15) is 18.7 Å². The Labute approximate surface area is 342 Å². The van der Waals surface area contributed by atoms with Crippen LogP contribution >= 0.6 is 11.8 Å². The number of hydrogen-bond acceptors (Lipinski definition) is 11. The molecule has 1 aromatic carbocycles. The molecule has 0 radical (unpaired) electrons. The van der Waals surface area contributed by atoms with Gasteiger partial charge in [0.05, 0.1) is 30.8 Å². The molecule has 57 heavy (non-hydrogen) atoms. The number of ether oxygens (including phenoxy) is 3. The van der Waals surface area contributed by atoms with Crippen LogP contribution in [0.15, 0.2) is 24.3 Å². The van der Waals surface area contributed by atoms with Crippen LogP contribution in [-0.2, 0) is 40.0 Å². The van der Waals surface area contributed by atoms with E-state index in [-0.39, 0.29) is 56.9 Å². The second-order valence-electron chi connectivity index (χ2n) is 14.9. The number of urea groups is 1. The second-order valence-corrected chi connectivity index (χ2v) is 15.8. The number of carbonyl (C=O) groups is 6. The summed E-state index contributed by atoms with van der Waals surface area (Å²) in [4.78, 5) is 74.9. The van der Waals surface area contributed by atoms with Crippen molar-refractivity contribution in [3.05, 3.63) is 29.8 Å². The zero-order chi connectivity index (χ0) is 42.9. The van der Waals surface area contributed by atoms with E-state index in [1.165, 1.54) is 0 Å². The molecule has 7 amide bonds. The van der Waals surface area contributed by atoms with E-state index in [2.05, 4.69) is 31.9 Å². The number of nitrogens with two attached hydrogens (primary N) is 2. The van der Waals surface area contributed by atoms with Crippen LogP contribution in [0.1, 0.15) is 92.1 Å². The van der Waals surface area contributed by atoms with Crippen LogP contribution in [-0.4, -0.2) is 110 Å². The van der Waals surface area contributed by atoms with Gasteiger partial charge in [-0.1, -0.05) is 32.9 Å². The molecule has 10 N–H and O–H groups in total. The summed E-state index contributed by atoms with van der Waals surface area (Å²) in [6.07, 6.45) is 4.31. The summed E-state index contributed by atoms with van der Waals surface area (Å²) in [6.45, 7) is 13.4. The number of hydrogen-bond donors (Lipinski definition) is 8. The van der Waals surface area contributed by atoms with Crippen molar-refractivity contribution >= 4 is 53.2 Å². The molecule has 1 rings (SSSR count). The van der Waals surface area contributed by atoms with Crippen molar-refractivity contribution in [2.45, 2.75) is 116 Å². The number of benzene rings is 1. The number of alkyl carbamates (subject to hydrolysis) is 1. The zero-order valence-corrected chi connectivity index (χ0v) is 35.7. The van der Waals surface area contributed by atoms with E-state index in [1.54, 1.807) is 49.9 Å². The molecule has 0 aliphatic carbocycles. The Morgan fingerprint density at radius 2 is 1.53 bits per heavy atom. The van der Waals surface area contributed by atoms with Crippen LogP contribution in [0.4, 0.5) is 15.3 Å². The maximum absolute atomic E-state index is 13.6. The molecule has 324 valence electrons. The Morgan fingerprint density at radius 3 is 2.14 bits per heavy atom. The average molecular weight is 825 g/mol. The normalized spacial score (nSPS) is 13.4. The average Bonchev–Trinajstić information content (AvgIpc) is 3.15. The maximum Gasteiger partial charge on any atom is 0.407 e.